The Bertz CT molecular complexity index is 420. The monoisotopic (exact) mass is 478 g/mol. The van der Waals surface area contributed by atoms with Gasteiger partial charge in [0.25, 0.3) is 11.9 Å². The smallest absolute Gasteiger partial charge is 0.305 e. The maximum atomic E-state index is 11.4. The van der Waals surface area contributed by atoms with Crippen LogP contribution in [0.5, 0.6) is 0 Å². The summed E-state index contributed by atoms with van der Waals surface area (Å²) in [6.45, 7) is 3.96. The summed E-state index contributed by atoms with van der Waals surface area (Å²) < 4.78 is 4.86. The Morgan fingerprint density at radius 1 is 0.667 bits per heavy atom. The molecule has 1 unspecified atom stereocenters. The maximum absolute atomic E-state index is 11.4. The number of hydrogen-bond acceptors (Lipinski definition) is 6. The molecule has 1 atom stereocenters. The van der Waals surface area contributed by atoms with E-state index < -0.39 is 18.0 Å². The predicted molar refractivity (Wildman–Crippen MR) is 130 cm³/mol. The van der Waals surface area contributed by atoms with Crippen LogP contribution < -0.4 is 0 Å². The van der Waals surface area contributed by atoms with Crippen LogP contribution in [0.15, 0.2) is 0 Å². The topological polar surface area (TPSA) is 141 Å². The molecule has 0 rings (SSSR count). The van der Waals surface area contributed by atoms with Crippen LogP contribution in [-0.2, 0) is 19.1 Å². The van der Waals surface area contributed by atoms with E-state index in [2.05, 4.69) is 6.92 Å². The van der Waals surface area contributed by atoms with Gasteiger partial charge in [-0.3, -0.25) is 14.4 Å². The van der Waals surface area contributed by atoms with Crippen LogP contribution in [0, 0.1) is 0 Å². The van der Waals surface area contributed by atoms with Crippen molar-refractivity contribution in [1.82, 2.24) is 0 Å². The Morgan fingerprint density at radius 3 is 1.27 bits per heavy atom. The van der Waals surface area contributed by atoms with Crippen molar-refractivity contribution in [3.05, 3.63) is 0 Å². The van der Waals surface area contributed by atoms with E-state index in [-0.39, 0.29) is 19.2 Å². The first kappa shape index (κ1) is 35.9. The molecule has 0 radical (unpaired) electrons. The zero-order valence-corrected chi connectivity index (χ0v) is 21.2. The van der Waals surface area contributed by atoms with Crippen molar-refractivity contribution in [2.24, 2.45) is 0 Å². The van der Waals surface area contributed by atoms with Crippen molar-refractivity contribution in [3.63, 3.8) is 0 Å². The largest absolute Gasteiger partial charge is 0.481 e. The predicted octanol–water partition coefficient (Wildman–Crippen LogP) is 5.33. The molecule has 0 bridgehead atoms. The van der Waals surface area contributed by atoms with E-state index in [1.165, 1.54) is 83.5 Å². The Hall–Kier alpha value is -1.67. The lowest BCUT2D eigenvalue weighted by molar-refractivity contribution is -0.147. The van der Waals surface area contributed by atoms with E-state index in [0.717, 1.165) is 26.7 Å². The summed E-state index contributed by atoms with van der Waals surface area (Å²) in [5.41, 5.74) is 0. The van der Waals surface area contributed by atoms with E-state index in [1.807, 2.05) is 0 Å². The highest BCUT2D eigenvalue weighted by Gasteiger charge is 2.07. The van der Waals surface area contributed by atoms with Crippen LogP contribution in [0.2, 0.25) is 0 Å². The molecule has 8 heteroatoms. The average Bonchev–Trinajstić information content (AvgIpc) is 2.74. The average molecular weight is 479 g/mol. The molecular formula is C25H50O8. The van der Waals surface area contributed by atoms with Crippen LogP contribution in [0.25, 0.3) is 0 Å². The van der Waals surface area contributed by atoms with Gasteiger partial charge in [0.05, 0.1) is 6.61 Å². The van der Waals surface area contributed by atoms with Gasteiger partial charge < -0.3 is 25.2 Å². The molecule has 8 nitrogen and oxygen atoms in total. The molecule has 0 saturated heterocycles. The number of aliphatic carboxylic acids is 2. The maximum Gasteiger partial charge on any atom is 0.305 e. The molecule has 0 aromatic carbocycles. The lowest BCUT2D eigenvalue weighted by Gasteiger charge is -2.08. The molecule has 198 valence electrons. The number of aliphatic hydroxyl groups is 2. The van der Waals surface area contributed by atoms with Crippen molar-refractivity contribution < 1.29 is 39.5 Å². The highest BCUT2D eigenvalue weighted by Crippen LogP contribution is 2.13. The molecule has 0 fully saturated rings. The number of aliphatic hydroxyl groups excluding tert-OH is 2. The van der Waals surface area contributed by atoms with Gasteiger partial charge in [0, 0.05) is 20.3 Å². The Labute approximate surface area is 200 Å². The van der Waals surface area contributed by atoms with E-state index in [1.54, 1.807) is 0 Å². The van der Waals surface area contributed by atoms with Gasteiger partial charge in [0.1, 0.15) is 12.7 Å². The van der Waals surface area contributed by atoms with Crippen molar-refractivity contribution in [1.29, 1.82) is 0 Å². The first-order valence-corrected chi connectivity index (χ1v) is 12.5. The van der Waals surface area contributed by atoms with Gasteiger partial charge in [0.15, 0.2) is 0 Å². The fourth-order valence-corrected chi connectivity index (χ4v) is 2.95. The molecule has 0 amide bonds. The van der Waals surface area contributed by atoms with Gasteiger partial charge in [-0.05, 0) is 6.42 Å². The quantitative estimate of drug-likeness (QED) is 0.144. The van der Waals surface area contributed by atoms with Crippen LogP contribution in [0.3, 0.4) is 0 Å². The van der Waals surface area contributed by atoms with Crippen molar-refractivity contribution >= 4 is 17.9 Å². The van der Waals surface area contributed by atoms with Crippen LogP contribution >= 0.6 is 0 Å². The molecule has 33 heavy (non-hydrogen) atoms. The van der Waals surface area contributed by atoms with Gasteiger partial charge >= 0.3 is 5.97 Å². The highest BCUT2D eigenvalue weighted by atomic mass is 16.5. The van der Waals surface area contributed by atoms with Crippen molar-refractivity contribution in [3.8, 4) is 0 Å². The van der Waals surface area contributed by atoms with E-state index in [9.17, 15) is 4.79 Å². The SMILES string of the molecule is CC(=O)O.CC(=O)O.CCCCCCCCCCCCCCCCCC(=O)OCC(O)CO. The zero-order chi connectivity index (χ0) is 25.7. The highest BCUT2D eigenvalue weighted by molar-refractivity contribution is 5.69. The zero-order valence-electron chi connectivity index (χ0n) is 21.2. The summed E-state index contributed by atoms with van der Waals surface area (Å²) in [6, 6.07) is 0. The third-order valence-corrected chi connectivity index (χ3v) is 4.63. The fourth-order valence-electron chi connectivity index (χ4n) is 2.95. The number of unbranched alkanes of at least 4 members (excludes halogenated alkanes) is 14. The second-order valence-electron chi connectivity index (χ2n) is 8.26. The van der Waals surface area contributed by atoms with Crippen LogP contribution in [0.1, 0.15) is 124 Å². The summed E-state index contributed by atoms with van der Waals surface area (Å²) in [6.07, 6.45) is 19.0. The molecule has 0 saturated carbocycles. The second-order valence-corrected chi connectivity index (χ2v) is 8.26. The Balaban J connectivity index is -0.000000962. The molecule has 4 N–H and O–H groups in total. The number of carboxylic acids is 2. The lowest BCUT2D eigenvalue weighted by Crippen LogP contribution is -2.21. The van der Waals surface area contributed by atoms with Gasteiger partial charge in [-0.2, -0.15) is 0 Å². The number of ether oxygens (including phenoxy) is 1. The van der Waals surface area contributed by atoms with E-state index in [0.29, 0.717) is 6.42 Å². The lowest BCUT2D eigenvalue weighted by atomic mass is 10.0. The standard InChI is InChI=1S/C21H42O4.2C2H4O2/c1-2-3-4-5-6-7-8-9-10-11-12-13-14-15-16-17-21(24)25-19-20(23)18-22;2*1-2(3)4/h20,22-23H,2-19H2,1H3;2*1H3,(H,3,4). The number of carbonyl (C=O) groups excluding carboxylic acids is 1. The molecule has 0 aromatic heterocycles. The minimum Gasteiger partial charge on any atom is -0.481 e. The van der Waals surface area contributed by atoms with E-state index >= 15 is 0 Å². The molecule has 0 aliphatic rings. The first-order valence-electron chi connectivity index (χ1n) is 12.5. The summed E-state index contributed by atoms with van der Waals surface area (Å²) in [7, 11) is 0. The molecular weight excluding hydrogens is 428 g/mol. The van der Waals surface area contributed by atoms with Gasteiger partial charge in [-0.1, -0.05) is 96.8 Å². The molecule has 0 heterocycles. The number of carbonyl (C=O) groups is 3. The van der Waals surface area contributed by atoms with Crippen molar-refractivity contribution in [2.45, 2.75) is 130 Å². The van der Waals surface area contributed by atoms with Gasteiger partial charge in [-0.25, -0.2) is 0 Å². The molecule has 0 aromatic rings. The summed E-state index contributed by atoms with van der Waals surface area (Å²) >= 11 is 0. The summed E-state index contributed by atoms with van der Waals surface area (Å²) in [5.74, 6) is -1.94. The molecule has 0 aliphatic heterocycles. The Morgan fingerprint density at radius 2 is 0.970 bits per heavy atom. The molecule has 0 aliphatic carbocycles. The third-order valence-electron chi connectivity index (χ3n) is 4.63. The normalized spacial score (nSPS) is 10.8. The second kappa shape index (κ2) is 30.3. The fraction of sp³-hybridized carbons (Fsp3) is 0.880. The summed E-state index contributed by atoms with van der Waals surface area (Å²) in [5, 5.41) is 32.5. The van der Waals surface area contributed by atoms with Crippen LogP contribution in [-0.4, -0.2) is 57.7 Å². The van der Waals surface area contributed by atoms with Crippen molar-refractivity contribution in [2.75, 3.05) is 13.2 Å². The third kappa shape index (κ3) is 48.8. The minimum atomic E-state index is -0.954. The number of hydrogen-bond donors (Lipinski definition) is 4. The minimum absolute atomic E-state index is 0.103. The first-order chi connectivity index (χ1) is 15.7. The number of rotatable bonds is 19. The van der Waals surface area contributed by atoms with Gasteiger partial charge in [0.2, 0.25) is 0 Å². The van der Waals surface area contributed by atoms with E-state index in [4.69, 9.17) is 34.8 Å². The number of carboxylic acid groups (broad SMARTS) is 2. The Kier molecular flexibility index (Phi) is 33.0. The molecule has 0 spiro atoms. The van der Waals surface area contributed by atoms with Gasteiger partial charge in [-0.15, -0.1) is 0 Å². The van der Waals surface area contributed by atoms with Crippen LogP contribution in [0.4, 0.5) is 0 Å². The summed E-state index contributed by atoms with van der Waals surface area (Å²) in [4.78, 5) is 29.4. The number of esters is 1.